The maximum absolute atomic E-state index is 13.0. The van der Waals surface area contributed by atoms with Crippen LogP contribution < -0.4 is 0 Å². The molecule has 0 aliphatic carbocycles. The van der Waals surface area contributed by atoms with Crippen molar-refractivity contribution in [3.63, 3.8) is 0 Å². The Labute approximate surface area is 130 Å². The van der Waals surface area contributed by atoms with Gasteiger partial charge in [-0.05, 0) is 34.9 Å². The van der Waals surface area contributed by atoms with Crippen LogP contribution in [0.3, 0.4) is 0 Å². The minimum atomic E-state index is -4.58. The van der Waals surface area contributed by atoms with Gasteiger partial charge >= 0.3 is 12.4 Å². The van der Waals surface area contributed by atoms with E-state index < -0.39 is 23.5 Å². The van der Waals surface area contributed by atoms with Crippen LogP contribution in [0, 0.1) is 0 Å². The fourth-order valence-electron chi connectivity index (χ4n) is 2.13. The Balaban J connectivity index is 2.61. The zero-order chi connectivity index (χ0) is 16.5. The lowest BCUT2D eigenvalue weighted by molar-refractivity contribution is -0.138. The Kier molecular flexibility index (Phi) is 4.56. The van der Waals surface area contributed by atoms with Crippen LogP contribution in [-0.2, 0) is 17.7 Å². The summed E-state index contributed by atoms with van der Waals surface area (Å²) < 4.78 is 77.5. The van der Waals surface area contributed by atoms with Gasteiger partial charge in [-0.15, -0.1) is 0 Å². The number of hydrogen-bond acceptors (Lipinski definition) is 0. The lowest BCUT2D eigenvalue weighted by Gasteiger charge is -2.16. The van der Waals surface area contributed by atoms with Crippen molar-refractivity contribution in [1.29, 1.82) is 0 Å². The summed E-state index contributed by atoms with van der Waals surface area (Å²) in [4.78, 5) is 0. The molecule has 2 aromatic rings. The van der Waals surface area contributed by atoms with Crippen LogP contribution in [0.1, 0.15) is 16.7 Å². The second kappa shape index (κ2) is 5.95. The second-order valence-electron chi connectivity index (χ2n) is 4.55. The molecule has 2 rings (SSSR count). The molecule has 2 aromatic carbocycles. The Morgan fingerprint density at radius 3 is 1.91 bits per heavy atom. The highest BCUT2D eigenvalue weighted by Gasteiger charge is 2.35. The van der Waals surface area contributed by atoms with Crippen LogP contribution in [0.2, 0.25) is 0 Å². The molecule has 0 aliphatic rings. The Hall–Kier alpha value is -1.50. The molecule has 7 heteroatoms. The topological polar surface area (TPSA) is 0 Å². The third kappa shape index (κ3) is 3.45. The van der Waals surface area contributed by atoms with Gasteiger partial charge in [0, 0.05) is 5.33 Å². The molecular formula is C15H9BrF6. The lowest BCUT2D eigenvalue weighted by Crippen LogP contribution is -2.09. The smallest absolute Gasteiger partial charge is 0.166 e. The molecule has 0 N–H and O–H groups in total. The summed E-state index contributed by atoms with van der Waals surface area (Å²) in [5, 5.41) is -0.107. The van der Waals surface area contributed by atoms with Gasteiger partial charge in [0.05, 0.1) is 11.1 Å². The van der Waals surface area contributed by atoms with Gasteiger partial charge in [-0.1, -0.05) is 40.2 Å². The van der Waals surface area contributed by atoms with Crippen LogP contribution in [0.15, 0.2) is 42.5 Å². The Bertz CT molecular complexity index is 672. The summed E-state index contributed by atoms with van der Waals surface area (Å²) in [5.74, 6) is 0. The maximum atomic E-state index is 13.0. The van der Waals surface area contributed by atoms with Gasteiger partial charge in [0.2, 0.25) is 0 Å². The van der Waals surface area contributed by atoms with Crippen molar-refractivity contribution < 1.29 is 26.3 Å². The highest BCUT2D eigenvalue weighted by atomic mass is 79.9. The average Bonchev–Trinajstić information content (AvgIpc) is 2.44. The first kappa shape index (κ1) is 16.9. The zero-order valence-electron chi connectivity index (χ0n) is 10.9. The fourth-order valence-corrected chi connectivity index (χ4v) is 2.59. The molecule has 0 heterocycles. The van der Waals surface area contributed by atoms with E-state index in [-0.39, 0.29) is 22.0 Å². The van der Waals surface area contributed by atoms with Crippen LogP contribution in [0.25, 0.3) is 11.1 Å². The third-order valence-corrected chi connectivity index (χ3v) is 3.70. The summed E-state index contributed by atoms with van der Waals surface area (Å²) in [5.41, 5.74) is -1.91. The van der Waals surface area contributed by atoms with Crippen LogP contribution in [-0.4, -0.2) is 0 Å². The lowest BCUT2D eigenvalue weighted by atomic mass is 9.96. The van der Waals surface area contributed by atoms with Gasteiger partial charge in [-0.3, -0.25) is 0 Å². The predicted octanol–water partition coefficient (Wildman–Crippen LogP) is 6.29. The highest BCUT2D eigenvalue weighted by Crippen LogP contribution is 2.39. The molecule has 22 heavy (non-hydrogen) atoms. The molecule has 0 aliphatic heterocycles. The molecule has 118 valence electrons. The molecule has 0 atom stereocenters. The Morgan fingerprint density at radius 2 is 1.36 bits per heavy atom. The maximum Gasteiger partial charge on any atom is 0.417 e. The predicted molar refractivity (Wildman–Crippen MR) is 74.5 cm³/mol. The van der Waals surface area contributed by atoms with Crippen LogP contribution in [0.4, 0.5) is 26.3 Å². The fraction of sp³-hybridized carbons (Fsp3) is 0.200. The molecule has 0 unspecified atom stereocenters. The molecule has 0 fully saturated rings. The monoisotopic (exact) mass is 382 g/mol. The summed E-state index contributed by atoms with van der Waals surface area (Å²) >= 11 is 2.94. The van der Waals surface area contributed by atoms with E-state index in [2.05, 4.69) is 15.9 Å². The molecule has 0 spiro atoms. The van der Waals surface area contributed by atoms with E-state index in [9.17, 15) is 26.3 Å². The van der Waals surface area contributed by atoms with Crippen molar-refractivity contribution in [3.8, 4) is 11.1 Å². The van der Waals surface area contributed by atoms with Crippen molar-refractivity contribution in [1.82, 2.24) is 0 Å². The zero-order valence-corrected chi connectivity index (χ0v) is 12.5. The number of alkyl halides is 7. The molecule has 0 radical (unpaired) electrons. The SMILES string of the molecule is FC(F)(F)c1ccc(-c2ccccc2C(F)(F)F)cc1CBr. The van der Waals surface area contributed by atoms with E-state index in [1.807, 2.05) is 0 Å². The normalized spacial score (nSPS) is 12.5. The summed E-state index contributed by atoms with van der Waals surface area (Å²) in [6.07, 6.45) is -9.13. The molecule has 0 saturated carbocycles. The number of halogens is 7. The highest BCUT2D eigenvalue weighted by molar-refractivity contribution is 9.08. The van der Waals surface area contributed by atoms with E-state index in [4.69, 9.17) is 0 Å². The number of hydrogen-bond donors (Lipinski definition) is 0. The van der Waals surface area contributed by atoms with Gasteiger partial charge in [-0.2, -0.15) is 26.3 Å². The van der Waals surface area contributed by atoms with Gasteiger partial charge < -0.3 is 0 Å². The van der Waals surface area contributed by atoms with E-state index in [0.29, 0.717) is 0 Å². The Morgan fingerprint density at radius 1 is 0.773 bits per heavy atom. The van der Waals surface area contributed by atoms with Gasteiger partial charge in [0.1, 0.15) is 0 Å². The van der Waals surface area contributed by atoms with E-state index in [1.165, 1.54) is 18.2 Å². The third-order valence-electron chi connectivity index (χ3n) is 3.10. The van der Waals surface area contributed by atoms with E-state index in [1.54, 1.807) is 0 Å². The molecule has 0 amide bonds. The van der Waals surface area contributed by atoms with Crippen molar-refractivity contribution in [2.24, 2.45) is 0 Å². The quantitative estimate of drug-likeness (QED) is 0.423. The molecular weight excluding hydrogens is 374 g/mol. The first-order valence-corrected chi connectivity index (χ1v) is 7.19. The van der Waals surface area contributed by atoms with Crippen molar-refractivity contribution >= 4 is 15.9 Å². The minimum absolute atomic E-state index is 0.0929. The molecule has 0 bridgehead atoms. The van der Waals surface area contributed by atoms with Crippen molar-refractivity contribution in [2.75, 3.05) is 0 Å². The molecule has 0 nitrogen and oxygen atoms in total. The largest absolute Gasteiger partial charge is 0.417 e. The average molecular weight is 383 g/mol. The number of rotatable bonds is 2. The second-order valence-corrected chi connectivity index (χ2v) is 5.11. The standard InChI is InChI=1S/C15H9BrF6/c16-8-10-7-9(5-6-12(10)14(17,18)19)11-3-1-2-4-13(11)15(20,21)22/h1-7H,8H2. The van der Waals surface area contributed by atoms with Gasteiger partial charge in [-0.25, -0.2) is 0 Å². The van der Waals surface area contributed by atoms with E-state index in [0.717, 1.165) is 24.3 Å². The minimum Gasteiger partial charge on any atom is -0.166 e. The summed E-state index contributed by atoms with van der Waals surface area (Å²) in [7, 11) is 0. The van der Waals surface area contributed by atoms with Crippen molar-refractivity contribution in [2.45, 2.75) is 17.7 Å². The summed E-state index contributed by atoms with van der Waals surface area (Å²) in [6.45, 7) is 0. The number of benzene rings is 2. The van der Waals surface area contributed by atoms with Gasteiger partial charge in [0.15, 0.2) is 0 Å². The van der Waals surface area contributed by atoms with Crippen LogP contribution >= 0.6 is 15.9 Å². The van der Waals surface area contributed by atoms with Crippen molar-refractivity contribution in [3.05, 3.63) is 59.2 Å². The van der Waals surface area contributed by atoms with Gasteiger partial charge in [0.25, 0.3) is 0 Å². The first-order chi connectivity index (χ1) is 10.1. The molecule has 0 aromatic heterocycles. The molecule has 0 saturated heterocycles. The van der Waals surface area contributed by atoms with E-state index >= 15 is 0 Å². The first-order valence-electron chi connectivity index (χ1n) is 6.07. The van der Waals surface area contributed by atoms with Crippen LogP contribution in [0.5, 0.6) is 0 Å². The summed E-state index contributed by atoms with van der Waals surface area (Å²) in [6, 6.07) is 7.78.